The highest BCUT2D eigenvalue weighted by atomic mass is 16.5. The van der Waals surface area contributed by atoms with Crippen LogP contribution >= 0.6 is 0 Å². The fraction of sp³-hybridized carbons (Fsp3) is 0.182. The zero-order valence-electron chi connectivity index (χ0n) is 9.71. The van der Waals surface area contributed by atoms with Crippen molar-refractivity contribution in [2.75, 3.05) is 7.11 Å². The van der Waals surface area contributed by atoms with E-state index in [1.165, 1.54) is 0 Å². The van der Waals surface area contributed by atoms with Crippen LogP contribution in [0.4, 0.5) is 4.79 Å². The van der Waals surface area contributed by atoms with Gasteiger partial charge in [-0.1, -0.05) is 12.1 Å². The maximum Gasteiger partial charge on any atom is 0.404 e. The van der Waals surface area contributed by atoms with Crippen LogP contribution in [0.5, 0.6) is 5.75 Å². The van der Waals surface area contributed by atoms with E-state index in [0.717, 1.165) is 5.56 Å². The number of hydrogen-bond acceptors (Lipinski definition) is 5. The summed E-state index contributed by atoms with van der Waals surface area (Å²) >= 11 is 0. The molecule has 94 valence electrons. The number of benzene rings is 1. The van der Waals surface area contributed by atoms with Gasteiger partial charge in [-0.3, -0.25) is 5.10 Å². The van der Waals surface area contributed by atoms with Crippen LogP contribution in [0.1, 0.15) is 5.82 Å². The summed E-state index contributed by atoms with van der Waals surface area (Å²) in [5.41, 5.74) is 5.61. The topological polar surface area (TPSA) is 103 Å². The molecule has 0 fully saturated rings. The molecule has 1 heterocycles. The molecule has 0 saturated carbocycles. The lowest BCUT2D eigenvalue weighted by molar-refractivity contribution is 0.147. The van der Waals surface area contributed by atoms with Crippen molar-refractivity contribution in [2.45, 2.75) is 6.61 Å². The molecule has 0 aliphatic carbocycles. The Balaban J connectivity index is 2.21. The summed E-state index contributed by atoms with van der Waals surface area (Å²) in [7, 11) is 1.57. The second-order valence-electron chi connectivity index (χ2n) is 3.41. The SMILES string of the molecule is COc1ccccc1-c1n[nH]c(COC(N)=O)n1. The molecule has 0 unspecified atom stereocenters. The van der Waals surface area contributed by atoms with E-state index in [2.05, 4.69) is 19.9 Å². The van der Waals surface area contributed by atoms with Gasteiger partial charge < -0.3 is 15.2 Å². The summed E-state index contributed by atoms with van der Waals surface area (Å²) in [5.74, 6) is 1.55. The predicted octanol–water partition coefficient (Wildman–Crippen LogP) is 1.08. The molecule has 2 aromatic rings. The molecule has 1 amide bonds. The van der Waals surface area contributed by atoms with Crippen molar-refractivity contribution in [3.63, 3.8) is 0 Å². The number of nitrogens with one attached hydrogen (secondary N) is 1. The second-order valence-corrected chi connectivity index (χ2v) is 3.41. The van der Waals surface area contributed by atoms with Crippen molar-refractivity contribution in [2.24, 2.45) is 5.73 Å². The van der Waals surface area contributed by atoms with E-state index in [9.17, 15) is 4.79 Å². The molecule has 2 rings (SSSR count). The van der Waals surface area contributed by atoms with Gasteiger partial charge in [0.25, 0.3) is 0 Å². The average Bonchev–Trinajstić information content (AvgIpc) is 2.85. The van der Waals surface area contributed by atoms with Gasteiger partial charge in [0.2, 0.25) is 0 Å². The Labute approximate surface area is 103 Å². The summed E-state index contributed by atoms with van der Waals surface area (Å²) in [5, 5.41) is 6.69. The molecule has 1 aromatic carbocycles. The largest absolute Gasteiger partial charge is 0.496 e. The number of aromatic amines is 1. The third kappa shape index (κ3) is 2.57. The van der Waals surface area contributed by atoms with Gasteiger partial charge in [-0.25, -0.2) is 9.78 Å². The fourth-order valence-corrected chi connectivity index (χ4v) is 1.45. The summed E-state index contributed by atoms with van der Waals surface area (Å²) < 4.78 is 9.82. The number of ether oxygens (including phenoxy) is 2. The molecule has 0 bridgehead atoms. The van der Waals surface area contributed by atoms with Crippen LogP contribution in [0, 0.1) is 0 Å². The smallest absolute Gasteiger partial charge is 0.404 e. The minimum Gasteiger partial charge on any atom is -0.496 e. The monoisotopic (exact) mass is 248 g/mol. The van der Waals surface area contributed by atoms with Crippen LogP contribution in [-0.4, -0.2) is 28.4 Å². The minimum absolute atomic E-state index is 0.0442. The molecule has 7 heteroatoms. The van der Waals surface area contributed by atoms with E-state index in [-0.39, 0.29) is 6.61 Å². The highest BCUT2D eigenvalue weighted by Gasteiger charge is 2.11. The summed E-state index contributed by atoms with van der Waals surface area (Å²) in [6.45, 7) is -0.0442. The van der Waals surface area contributed by atoms with E-state index in [0.29, 0.717) is 17.4 Å². The average molecular weight is 248 g/mol. The molecule has 3 N–H and O–H groups in total. The Morgan fingerprint density at radius 3 is 2.94 bits per heavy atom. The van der Waals surface area contributed by atoms with E-state index >= 15 is 0 Å². The molecule has 0 atom stereocenters. The Bertz CT molecular complexity index is 553. The van der Waals surface area contributed by atoms with Crippen molar-refractivity contribution < 1.29 is 14.3 Å². The molecule has 0 saturated heterocycles. The quantitative estimate of drug-likeness (QED) is 0.842. The first kappa shape index (κ1) is 11.9. The fourth-order valence-electron chi connectivity index (χ4n) is 1.45. The van der Waals surface area contributed by atoms with Crippen molar-refractivity contribution in [3.05, 3.63) is 30.1 Å². The number of aromatic nitrogens is 3. The number of carbonyl (C=O) groups excluding carboxylic acids is 1. The first-order valence-electron chi connectivity index (χ1n) is 5.17. The number of rotatable bonds is 4. The normalized spacial score (nSPS) is 10.1. The van der Waals surface area contributed by atoms with E-state index in [1.54, 1.807) is 7.11 Å². The van der Waals surface area contributed by atoms with Gasteiger partial charge in [0.1, 0.15) is 5.75 Å². The molecule has 1 aromatic heterocycles. The van der Waals surface area contributed by atoms with Gasteiger partial charge in [-0.05, 0) is 12.1 Å². The lowest BCUT2D eigenvalue weighted by Crippen LogP contribution is -2.13. The van der Waals surface area contributed by atoms with Crippen LogP contribution in [0.3, 0.4) is 0 Å². The second kappa shape index (κ2) is 5.17. The van der Waals surface area contributed by atoms with Gasteiger partial charge in [-0.2, -0.15) is 5.10 Å². The number of methoxy groups -OCH3 is 1. The molecule has 0 spiro atoms. The summed E-state index contributed by atoms with van der Waals surface area (Å²) in [4.78, 5) is 14.6. The highest BCUT2D eigenvalue weighted by molar-refractivity contribution is 5.65. The Kier molecular flexibility index (Phi) is 3.42. The highest BCUT2D eigenvalue weighted by Crippen LogP contribution is 2.26. The Morgan fingerprint density at radius 1 is 1.44 bits per heavy atom. The minimum atomic E-state index is -0.856. The molecule has 0 aliphatic rings. The first-order chi connectivity index (χ1) is 8.70. The van der Waals surface area contributed by atoms with Gasteiger partial charge in [0, 0.05) is 0 Å². The lowest BCUT2D eigenvalue weighted by atomic mass is 10.2. The summed E-state index contributed by atoms with van der Waals surface area (Å²) in [6.07, 6.45) is -0.856. The maximum atomic E-state index is 10.5. The number of carbonyl (C=O) groups is 1. The number of nitrogens with two attached hydrogens (primary N) is 1. The van der Waals surface area contributed by atoms with Crippen molar-refractivity contribution in [3.8, 4) is 17.1 Å². The molecule has 0 radical (unpaired) electrons. The van der Waals surface area contributed by atoms with Crippen LogP contribution in [-0.2, 0) is 11.3 Å². The van der Waals surface area contributed by atoms with Crippen LogP contribution in [0.2, 0.25) is 0 Å². The zero-order chi connectivity index (χ0) is 13.0. The molecular formula is C11H12N4O3. The number of amides is 1. The van der Waals surface area contributed by atoms with E-state index in [4.69, 9.17) is 10.5 Å². The third-order valence-corrected chi connectivity index (χ3v) is 2.23. The number of primary amides is 1. The van der Waals surface area contributed by atoms with E-state index < -0.39 is 6.09 Å². The zero-order valence-corrected chi connectivity index (χ0v) is 9.71. The molecule has 7 nitrogen and oxygen atoms in total. The molecule has 0 aliphatic heterocycles. The van der Waals surface area contributed by atoms with Crippen molar-refractivity contribution in [1.29, 1.82) is 0 Å². The maximum absolute atomic E-state index is 10.5. The van der Waals surface area contributed by atoms with Crippen molar-refractivity contribution >= 4 is 6.09 Å². The van der Waals surface area contributed by atoms with Crippen LogP contribution in [0.25, 0.3) is 11.4 Å². The van der Waals surface area contributed by atoms with Crippen LogP contribution < -0.4 is 10.5 Å². The first-order valence-corrected chi connectivity index (χ1v) is 5.17. The van der Waals surface area contributed by atoms with Gasteiger partial charge in [0.15, 0.2) is 18.3 Å². The predicted molar refractivity (Wildman–Crippen MR) is 62.7 cm³/mol. The Morgan fingerprint density at radius 2 is 2.22 bits per heavy atom. The van der Waals surface area contributed by atoms with Gasteiger partial charge in [-0.15, -0.1) is 0 Å². The van der Waals surface area contributed by atoms with Gasteiger partial charge in [0.05, 0.1) is 12.7 Å². The standard InChI is InChI=1S/C11H12N4O3/c1-17-8-5-3-2-4-7(8)10-13-9(14-15-10)6-18-11(12)16/h2-5H,6H2,1H3,(H2,12,16)(H,13,14,15). The molecule has 18 heavy (non-hydrogen) atoms. The number of nitrogens with zero attached hydrogens (tertiary/aromatic N) is 2. The number of para-hydroxylation sites is 1. The number of hydrogen-bond donors (Lipinski definition) is 2. The number of H-pyrrole nitrogens is 1. The van der Waals surface area contributed by atoms with Crippen LogP contribution in [0.15, 0.2) is 24.3 Å². The molecular weight excluding hydrogens is 236 g/mol. The lowest BCUT2D eigenvalue weighted by Gasteiger charge is -2.03. The van der Waals surface area contributed by atoms with Crippen molar-refractivity contribution in [1.82, 2.24) is 15.2 Å². The van der Waals surface area contributed by atoms with Gasteiger partial charge >= 0.3 is 6.09 Å². The third-order valence-electron chi connectivity index (χ3n) is 2.23. The van der Waals surface area contributed by atoms with E-state index in [1.807, 2.05) is 24.3 Å². The Hall–Kier alpha value is -2.57. The summed E-state index contributed by atoms with van der Waals surface area (Å²) in [6, 6.07) is 7.35.